The number of hydrogen-bond donors (Lipinski definition) is 0. The third-order valence-electron chi connectivity index (χ3n) is 5.26. The van der Waals surface area contributed by atoms with E-state index in [0.717, 1.165) is 29.8 Å². The molecule has 0 radical (unpaired) electrons. The molecule has 0 bridgehead atoms. The van der Waals surface area contributed by atoms with E-state index in [2.05, 4.69) is 48.2 Å². The van der Waals surface area contributed by atoms with Gasteiger partial charge in [-0.15, -0.1) is 0 Å². The number of amides is 1. The van der Waals surface area contributed by atoms with E-state index in [1.165, 1.54) is 5.56 Å². The van der Waals surface area contributed by atoms with Crippen LogP contribution in [-0.4, -0.2) is 31.4 Å². The van der Waals surface area contributed by atoms with Crippen LogP contribution in [0.2, 0.25) is 0 Å². The quantitative estimate of drug-likeness (QED) is 0.681. The minimum Gasteiger partial charge on any atom is -0.331 e. The van der Waals surface area contributed by atoms with Crippen molar-refractivity contribution in [3.8, 4) is 0 Å². The molecular formula is C22H26N4O. The van der Waals surface area contributed by atoms with Crippen molar-refractivity contribution in [3.05, 3.63) is 64.6 Å². The van der Waals surface area contributed by atoms with Gasteiger partial charge in [-0.2, -0.15) is 5.10 Å². The van der Waals surface area contributed by atoms with E-state index >= 15 is 0 Å². The van der Waals surface area contributed by atoms with Crippen molar-refractivity contribution in [2.75, 3.05) is 0 Å². The summed E-state index contributed by atoms with van der Waals surface area (Å²) in [5, 5.41) is 4.39. The zero-order chi connectivity index (χ0) is 19.1. The number of aromatic nitrogens is 3. The average Bonchev–Trinajstić information content (AvgIpc) is 3.38. The maximum atomic E-state index is 13.3. The highest BCUT2D eigenvalue weighted by Crippen LogP contribution is 2.31. The molecule has 1 saturated carbocycles. The molecule has 0 unspecified atom stereocenters. The Morgan fingerprint density at radius 2 is 1.93 bits per heavy atom. The summed E-state index contributed by atoms with van der Waals surface area (Å²) in [4.78, 5) is 19.9. The Morgan fingerprint density at radius 1 is 1.22 bits per heavy atom. The van der Waals surface area contributed by atoms with Crippen molar-refractivity contribution >= 4 is 11.6 Å². The Kier molecular flexibility index (Phi) is 4.46. The van der Waals surface area contributed by atoms with Crippen LogP contribution in [0.15, 0.2) is 36.5 Å². The zero-order valence-electron chi connectivity index (χ0n) is 16.4. The molecule has 1 aliphatic rings. The van der Waals surface area contributed by atoms with E-state index < -0.39 is 0 Å². The van der Waals surface area contributed by atoms with Crippen LogP contribution in [0.5, 0.6) is 0 Å². The van der Waals surface area contributed by atoms with Crippen LogP contribution < -0.4 is 0 Å². The molecule has 0 atom stereocenters. The van der Waals surface area contributed by atoms with Crippen LogP contribution in [0.1, 0.15) is 65.5 Å². The first kappa shape index (κ1) is 17.7. The first-order valence-corrected chi connectivity index (χ1v) is 9.66. The Labute approximate surface area is 160 Å². The van der Waals surface area contributed by atoms with Gasteiger partial charge in [-0.3, -0.25) is 4.79 Å². The van der Waals surface area contributed by atoms with Crippen LogP contribution in [0.4, 0.5) is 0 Å². The van der Waals surface area contributed by atoms with Gasteiger partial charge in [-0.05, 0) is 49.8 Å². The highest BCUT2D eigenvalue weighted by atomic mass is 16.2. The highest BCUT2D eigenvalue weighted by molar-refractivity contribution is 6.00. The number of nitrogens with zero attached hydrogens (tertiary/aromatic N) is 4. The summed E-state index contributed by atoms with van der Waals surface area (Å²) >= 11 is 0. The van der Waals surface area contributed by atoms with E-state index in [0.29, 0.717) is 29.7 Å². The molecule has 2 heterocycles. The fourth-order valence-corrected chi connectivity index (χ4v) is 3.53. The summed E-state index contributed by atoms with van der Waals surface area (Å²) in [7, 11) is 0. The van der Waals surface area contributed by atoms with Crippen molar-refractivity contribution in [1.82, 2.24) is 19.5 Å². The minimum atomic E-state index is 0.0259. The molecule has 1 aliphatic carbocycles. The minimum absolute atomic E-state index is 0.0259. The van der Waals surface area contributed by atoms with Gasteiger partial charge in [-0.1, -0.05) is 38.1 Å². The fourth-order valence-electron chi connectivity index (χ4n) is 3.53. The summed E-state index contributed by atoms with van der Waals surface area (Å²) in [6, 6.07) is 10.9. The van der Waals surface area contributed by atoms with Crippen LogP contribution in [-0.2, 0) is 6.54 Å². The molecule has 0 spiro atoms. The number of benzene rings is 1. The predicted molar refractivity (Wildman–Crippen MR) is 106 cm³/mol. The number of aryl methyl sites for hydroxylation is 2. The fraction of sp³-hybridized carbons (Fsp3) is 0.409. The number of carbonyl (C=O) groups is 1. The van der Waals surface area contributed by atoms with E-state index in [1.54, 1.807) is 10.7 Å². The topological polar surface area (TPSA) is 50.5 Å². The maximum absolute atomic E-state index is 13.3. The van der Waals surface area contributed by atoms with Gasteiger partial charge in [0, 0.05) is 24.0 Å². The van der Waals surface area contributed by atoms with E-state index in [4.69, 9.17) is 0 Å². The summed E-state index contributed by atoms with van der Waals surface area (Å²) < 4.78 is 1.75. The van der Waals surface area contributed by atoms with E-state index in [-0.39, 0.29) is 5.91 Å². The van der Waals surface area contributed by atoms with E-state index in [1.807, 2.05) is 24.8 Å². The molecule has 4 rings (SSSR count). The lowest BCUT2D eigenvalue weighted by atomic mass is 10.0. The summed E-state index contributed by atoms with van der Waals surface area (Å²) in [5.74, 6) is 0.537. The molecule has 1 aromatic carbocycles. The first-order valence-electron chi connectivity index (χ1n) is 9.66. The molecule has 2 aromatic heterocycles. The SMILES string of the molecule is Cc1cc(C)n2ncc(C(=O)N(Cc3ccc(C(C)C)cc3)C3CC3)c2n1. The zero-order valence-corrected chi connectivity index (χ0v) is 16.4. The third kappa shape index (κ3) is 3.46. The van der Waals surface area contributed by atoms with Gasteiger partial charge in [0.1, 0.15) is 5.56 Å². The average molecular weight is 362 g/mol. The van der Waals surface area contributed by atoms with Gasteiger partial charge in [0.15, 0.2) is 5.65 Å². The lowest BCUT2D eigenvalue weighted by Crippen LogP contribution is -2.32. The van der Waals surface area contributed by atoms with Gasteiger partial charge in [0.25, 0.3) is 5.91 Å². The molecule has 27 heavy (non-hydrogen) atoms. The molecule has 1 amide bonds. The standard InChI is InChI=1S/C22H26N4O/c1-14(2)18-7-5-17(6-8-18)13-25(19-9-10-19)22(27)20-12-23-26-16(4)11-15(3)24-21(20)26/h5-8,11-12,14,19H,9-10,13H2,1-4H3. The molecule has 0 aliphatic heterocycles. The molecule has 3 aromatic rings. The van der Waals surface area contributed by atoms with Crippen molar-refractivity contribution in [3.63, 3.8) is 0 Å². The van der Waals surface area contributed by atoms with Crippen molar-refractivity contribution in [2.24, 2.45) is 0 Å². The number of carbonyl (C=O) groups excluding carboxylic acids is 1. The number of hydrogen-bond acceptors (Lipinski definition) is 3. The van der Waals surface area contributed by atoms with Gasteiger partial charge in [-0.25, -0.2) is 9.50 Å². The Morgan fingerprint density at radius 3 is 2.56 bits per heavy atom. The Bertz CT molecular complexity index is 983. The number of rotatable bonds is 5. The maximum Gasteiger partial charge on any atom is 0.259 e. The Hall–Kier alpha value is -2.69. The summed E-state index contributed by atoms with van der Waals surface area (Å²) in [5.41, 5.74) is 5.61. The second-order valence-electron chi connectivity index (χ2n) is 7.89. The van der Waals surface area contributed by atoms with Crippen LogP contribution in [0, 0.1) is 13.8 Å². The number of fused-ring (bicyclic) bond motifs is 1. The molecule has 140 valence electrons. The van der Waals surface area contributed by atoms with Crippen molar-refractivity contribution in [2.45, 2.75) is 59.0 Å². The van der Waals surface area contributed by atoms with Crippen molar-refractivity contribution in [1.29, 1.82) is 0 Å². The normalized spacial score (nSPS) is 14.1. The van der Waals surface area contributed by atoms with Crippen LogP contribution >= 0.6 is 0 Å². The highest BCUT2D eigenvalue weighted by Gasteiger charge is 2.34. The molecule has 5 nitrogen and oxygen atoms in total. The van der Waals surface area contributed by atoms with Gasteiger partial charge in [0.05, 0.1) is 6.20 Å². The monoisotopic (exact) mass is 362 g/mol. The molecular weight excluding hydrogens is 336 g/mol. The molecule has 5 heteroatoms. The predicted octanol–water partition coefficient (Wildman–Crippen LogP) is 4.27. The van der Waals surface area contributed by atoms with Gasteiger partial charge < -0.3 is 4.90 Å². The molecule has 1 fully saturated rings. The van der Waals surface area contributed by atoms with Gasteiger partial charge >= 0.3 is 0 Å². The molecule has 0 N–H and O–H groups in total. The molecule has 0 saturated heterocycles. The summed E-state index contributed by atoms with van der Waals surface area (Å²) in [6.45, 7) is 8.94. The third-order valence-corrected chi connectivity index (χ3v) is 5.26. The van der Waals surface area contributed by atoms with Crippen molar-refractivity contribution < 1.29 is 4.79 Å². The largest absolute Gasteiger partial charge is 0.331 e. The van der Waals surface area contributed by atoms with Crippen LogP contribution in [0.25, 0.3) is 5.65 Å². The van der Waals surface area contributed by atoms with E-state index in [9.17, 15) is 4.79 Å². The van der Waals surface area contributed by atoms with Gasteiger partial charge in [0.2, 0.25) is 0 Å². The second kappa shape index (κ2) is 6.80. The lowest BCUT2D eigenvalue weighted by Gasteiger charge is -2.22. The van der Waals surface area contributed by atoms with Crippen LogP contribution in [0.3, 0.4) is 0 Å². The Balaban J connectivity index is 1.64. The first-order chi connectivity index (χ1) is 12.9. The summed E-state index contributed by atoms with van der Waals surface area (Å²) in [6.07, 6.45) is 3.80. The second-order valence-corrected chi connectivity index (χ2v) is 7.89. The lowest BCUT2D eigenvalue weighted by molar-refractivity contribution is 0.0731. The smallest absolute Gasteiger partial charge is 0.259 e.